The molecule has 0 saturated heterocycles. The summed E-state index contributed by atoms with van der Waals surface area (Å²) in [6, 6.07) is 0. The molecule has 0 aromatic carbocycles. The summed E-state index contributed by atoms with van der Waals surface area (Å²) in [5.41, 5.74) is -0.370. The highest BCUT2D eigenvalue weighted by atomic mass is 31.2. The Bertz CT molecular complexity index is 478. The van der Waals surface area contributed by atoms with Gasteiger partial charge in [-0.3, -0.25) is 9.09 Å². The number of ether oxygens (including phenoxy) is 1. The van der Waals surface area contributed by atoms with Crippen LogP contribution >= 0.6 is 15.4 Å². The first kappa shape index (κ1) is 29.2. The van der Waals surface area contributed by atoms with Gasteiger partial charge in [0.1, 0.15) is 0 Å². The molecule has 0 bridgehead atoms. The van der Waals surface area contributed by atoms with Crippen LogP contribution in [0.2, 0.25) is 0 Å². The Morgan fingerprint density at radius 2 is 1.10 bits per heavy atom. The van der Waals surface area contributed by atoms with Crippen molar-refractivity contribution in [3.63, 3.8) is 0 Å². The summed E-state index contributed by atoms with van der Waals surface area (Å²) >= 11 is 0. The second kappa shape index (κ2) is 13.6. The second-order valence-electron chi connectivity index (χ2n) is 9.40. The monoisotopic (exact) mass is 460 g/mol. The number of unbranched alkanes of at least 4 members (excludes halogenated alkanes) is 4. The molecule has 0 fully saturated rings. The highest BCUT2D eigenvalue weighted by Crippen LogP contribution is 2.40. The lowest BCUT2D eigenvalue weighted by Crippen LogP contribution is -2.18. The van der Waals surface area contributed by atoms with Gasteiger partial charge in [0.2, 0.25) is 0 Å². The van der Waals surface area contributed by atoms with Gasteiger partial charge in [-0.1, -0.05) is 53.4 Å². The Morgan fingerprint density at radius 1 is 0.690 bits per heavy atom. The summed E-state index contributed by atoms with van der Waals surface area (Å²) < 4.78 is 37.3. The largest absolute Gasteiger partial charge is 0.469 e. The molecule has 0 aliphatic carbocycles. The zero-order valence-electron chi connectivity index (χ0n) is 18.8. The molecule has 1 unspecified atom stereocenters. The molecule has 0 radical (unpaired) electrons. The number of hydrogen-bond acceptors (Lipinski definition) is 5. The van der Waals surface area contributed by atoms with E-state index in [1.807, 2.05) is 27.7 Å². The topological polar surface area (TPSA) is 123 Å². The smallest absolute Gasteiger partial charge is 0.381 e. The van der Waals surface area contributed by atoms with Gasteiger partial charge >= 0.3 is 15.4 Å². The zero-order valence-corrected chi connectivity index (χ0v) is 20.6. The molecule has 0 heterocycles. The third kappa shape index (κ3) is 21.2. The van der Waals surface area contributed by atoms with Crippen LogP contribution in [0.4, 0.5) is 0 Å². The van der Waals surface area contributed by atoms with E-state index in [9.17, 15) is 14.0 Å². The van der Waals surface area contributed by atoms with Gasteiger partial charge in [-0.15, -0.1) is 0 Å². The van der Waals surface area contributed by atoms with Crippen molar-refractivity contribution in [1.82, 2.24) is 0 Å². The maximum Gasteiger partial charge on any atom is 0.469 e. The van der Waals surface area contributed by atoms with E-state index in [4.69, 9.17) is 19.0 Å². The van der Waals surface area contributed by atoms with Crippen molar-refractivity contribution in [2.75, 3.05) is 33.1 Å². The Morgan fingerprint density at radius 3 is 1.48 bits per heavy atom. The van der Waals surface area contributed by atoms with E-state index in [1.165, 1.54) is 6.66 Å². The van der Waals surface area contributed by atoms with Crippen LogP contribution in [-0.2, 0) is 22.9 Å². The maximum atomic E-state index is 11.2. The van der Waals surface area contributed by atoms with Gasteiger partial charge in [-0.2, -0.15) is 0 Å². The first-order valence-corrected chi connectivity index (χ1v) is 13.9. The average Bonchev–Trinajstić information content (AvgIpc) is 2.55. The summed E-state index contributed by atoms with van der Waals surface area (Å²) in [5.74, 6) is 0. The van der Waals surface area contributed by atoms with Gasteiger partial charge in [0.05, 0.1) is 13.2 Å². The third-order valence-corrected chi connectivity index (χ3v) is 5.68. The molecule has 29 heavy (non-hydrogen) atoms. The van der Waals surface area contributed by atoms with Gasteiger partial charge < -0.3 is 23.9 Å². The van der Waals surface area contributed by atoms with E-state index in [0.29, 0.717) is 0 Å². The van der Waals surface area contributed by atoms with E-state index >= 15 is 0 Å². The Kier molecular flexibility index (Phi) is 13.7. The van der Waals surface area contributed by atoms with Crippen molar-refractivity contribution in [2.45, 2.75) is 79.1 Å². The Hall–Kier alpha value is 0.220. The zero-order chi connectivity index (χ0) is 22.6. The van der Waals surface area contributed by atoms with Crippen molar-refractivity contribution < 1.29 is 37.6 Å². The van der Waals surface area contributed by atoms with Crippen LogP contribution in [0.3, 0.4) is 0 Å². The second-order valence-corrected chi connectivity index (χ2v) is 12.5. The fraction of sp³-hybridized carbons (Fsp3) is 1.00. The molecule has 0 rings (SSSR count). The Balaban J connectivity index is 3.58. The molecule has 176 valence electrons. The quantitative estimate of drug-likeness (QED) is 0.190. The predicted molar refractivity (Wildman–Crippen MR) is 115 cm³/mol. The predicted octanol–water partition coefficient (Wildman–Crippen LogP) is 5.12. The van der Waals surface area contributed by atoms with E-state index in [1.54, 1.807) is 0 Å². The van der Waals surface area contributed by atoms with Crippen LogP contribution in [0.1, 0.15) is 79.1 Å². The fourth-order valence-electron chi connectivity index (χ4n) is 2.77. The maximum absolute atomic E-state index is 11.2. The van der Waals surface area contributed by atoms with Crippen molar-refractivity contribution in [2.24, 2.45) is 10.8 Å². The molecule has 3 N–H and O–H groups in total. The van der Waals surface area contributed by atoms with Crippen molar-refractivity contribution in [3.8, 4) is 0 Å². The highest BCUT2D eigenvalue weighted by Gasteiger charge is 2.24. The number of phosphoric acid groups is 1. The lowest BCUT2D eigenvalue weighted by Gasteiger charge is -2.25. The van der Waals surface area contributed by atoms with E-state index < -0.39 is 15.4 Å². The number of phosphoric ester groups is 1. The Labute approximate surface area is 176 Å². The van der Waals surface area contributed by atoms with Crippen molar-refractivity contribution in [1.29, 1.82) is 0 Å². The summed E-state index contributed by atoms with van der Waals surface area (Å²) in [4.78, 5) is 26.7. The van der Waals surface area contributed by atoms with Crippen LogP contribution in [0, 0.1) is 10.8 Å². The lowest BCUT2D eigenvalue weighted by molar-refractivity contribution is 0.113. The van der Waals surface area contributed by atoms with Crippen molar-refractivity contribution >= 4 is 15.4 Å². The molecule has 10 heteroatoms. The van der Waals surface area contributed by atoms with Crippen LogP contribution < -0.4 is 0 Å². The molecular formula is C19H42O8P2. The molecule has 0 saturated carbocycles. The standard InChI is InChI=1S/C19H42O8P2/c1-18(2,16-26-28(5,20)21)12-8-6-10-14-25-15-11-7-9-13-19(3,4)17-27-29(22,23)24/h6-17H2,1-5H3,(H,20,21)(H2,22,23,24). The minimum atomic E-state index is -4.40. The molecule has 1 atom stereocenters. The molecule has 0 aliphatic heterocycles. The van der Waals surface area contributed by atoms with E-state index in [0.717, 1.165) is 64.6 Å². The third-order valence-electron chi connectivity index (χ3n) is 4.60. The molecule has 8 nitrogen and oxygen atoms in total. The van der Waals surface area contributed by atoms with Gasteiger partial charge in [0, 0.05) is 19.9 Å². The molecule has 0 amide bonds. The van der Waals surface area contributed by atoms with Gasteiger partial charge in [0.15, 0.2) is 0 Å². The normalized spacial score (nSPS) is 15.4. The number of rotatable bonds is 18. The molecular weight excluding hydrogens is 418 g/mol. The van der Waals surface area contributed by atoms with Crippen LogP contribution in [-0.4, -0.2) is 47.8 Å². The van der Waals surface area contributed by atoms with Crippen LogP contribution in [0.5, 0.6) is 0 Å². The lowest BCUT2D eigenvalue weighted by atomic mass is 9.88. The summed E-state index contributed by atoms with van der Waals surface area (Å²) in [5, 5.41) is 0. The SMILES string of the molecule is CC(C)(CCCCCOCCCCCC(C)(C)COP(=O)(O)O)COP(C)(=O)O. The number of hydrogen-bond donors (Lipinski definition) is 3. The first-order chi connectivity index (χ1) is 13.1. The van der Waals surface area contributed by atoms with Crippen LogP contribution in [0.25, 0.3) is 0 Å². The minimum absolute atomic E-state index is 0.0501. The van der Waals surface area contributed by atoms with Gasteiger partial charge in [-0.25, -0.2) is 4.57 Å². The van der Waals surface area contributed by atoms with Crippen LogP contribution in [0.15, 0.2) is 0 Å². The van der Waals surface area contributed by atoms with E-state index in [-0.39, 0.29) is 24.0 Å². The first-order valence-electron chi connectivity index (χ1n) is 10.3. The molecule has 0 spiro atoms. The average molecular weight is 460 g/mol. The summed E-state index contributed by atoms with van der Waals surface area (Å²) in [7, 11) is -7.80. The highest BCUT2D eigenvalue weighted by molar-refractivity contribution is 7.51. The molecule has 0 aliphatic rings. The molecule has 0 aromatic rings. The van der Waals surface area contributed by atoms with Gasteiger partial charge in [0.25, 0.3) is 0 Å². The fourth-order valence-corrected chi connectivity index (χ4v) is 3.88. The molecule has 0 aromatic heterocycles. The van der Waals surface area contributed by atoms with Gasteiger partial charge in [-0.05, 0) is 36.5 Å². The summed E-state index contributed by atoms with van der Waals surface area (Å²) in [6.07, 6.45) is 7.82. The van der Waals surface area contributed by atoms with E-state index in [2.05, 4.69) is 4.52 Å². The minimum Gasteiger partial charge on any atom is -0.381 e. The summed E-state index contributed by atoms with van der Waals surface area (Å²) in [6.45, 7) is 11.0. The van der Waals surface area contributed by atoms with Crippen molar-refractivity contribution in [3.05, 3.63) is 0 Å².